The van der Waals surface area contributed by atoms with Gasteiger partial charge in [0, 0.05) is 23.6 Å². The van der Waals surface area contributed by atoms with Gasteiger partial charge in [0.2, 0.25) is 0 Å². The van der Waals surface area contributed by atoms with Crippen LogP contribution in [0.1, 0.15) is 0 Å². The van der Waals surface area contributed by atoms with Crippen LogP contribution in [0.5, 0.6) is 0 Å². The molecule has 1 N–H and O–H groups in total. The van der Waals surface area contributed by atoms with Gasteiger partial charge < -0.3 is 5.32 Å². The van der Waals surface area contributed by atoms with Crippen molar-refractivity contribution in [3.8, 4) is 11.3 Å². The van der Waals surface area contributed by atoms with E-state index in [0.717, 1.165) is 17.1 Å². The summed E-state index contributed by atoms with van der Waals surface area (Å²) < 4.78 is 0. The Kier molecular flexibility index (Phi) is 3.41. The fourth-order valence-electron chi connectivity index (χ4n) is 1.41. The van der Waals surface area contributed by atoms with Crippen LogP contribution in [0, 0.1) is 0 Å². The molecule has 1 heterocycles. The summed E-state index contributed by atoms with van der Waals surface area (Å²) in [5.74, 6) is 0.832. The van der Waals surface area contributed by atoms with Crippen molar-refractivity contribution in [3.63, 3.8) is 0 Å². The molecule has 16 heavy (non-hydrogen) atoms. The number of hydrogen-bond acceptors (Lipinski definition) is 4. The third-order valence-electron chi connectivity index (χ3n) is 2.31. The molecule has 0 aliphatic rings. The summed E-state index contributed by atoms with van der Waals surface area (Å²) in [6, 6.07) is 10.3. The zero-order valence-corrected chi connectivity index (χ0v) is 10.1. The van der Waals surface area contributed by atoms with Crippen molar-refractivity contribution >= 4 is 17.6 Å². The molecule has 0 bridgehead atoms. The predicted molar refractivity (Wildman–Crippen MR) is 68.8 cm³/mol. The number of thioether (sulfide) groups is 1. The highest BCUT2D eigenvalue weighted by atomic mass is 32.2. The van der Waals surface area contributed by atoms with Crippen molar-refractivity contribution in [3.05, 3.63) is 36.7 Å². The third kappa shape index (κ3) is 2.33. The lowest BCUT2D eigenvalue weighted by atomic mass is 10.1. The molecule has 0 saturated carbocycles. The molecule has 4 heteroatoms. The van der Waals surface area contributed by atoms with Crippen LogP contribution < -0.4 is 5.32 Å². The molecule has 82 valence electrons. The highest BCUT2D eigenvalue weighted by Crippen LogP contribution is 2.22. The first kappa shape index (κ1) is 11.0. The van der Waals surface area contributed by atoms with Crippen molar-refractivity contribution in [1.29, 1.82) is 0 Å². The summed E-state index contributed by atoms with van der Waals surface area (Å²) in [6.45, 7) is 0. The smallest absolute Gasteiger partial charge is 0.129 e. The molecular weight excluding hydrogens is 218 g/mol. The average Bonchev–Trinajstić information content (AvgIpc) is 2.39. The largest absolute Gasteiger partial charge is 0.373 e. The Morgan fingerprint density at radius 2 is 1.88 bits per heavy atom. The lowest BCUT2D eigenvalue weighted by Gasteiger charge is -2.04. The molecule has 0 amide bonds. The molecule has 0 unspecified atom stereocenters. The number of nitrogens with one attached hydrogen (secondary N) is 1. The molecule has 1 aromatic heterocycles. The van der Waals surface area contributed by atoms with Gasteiger partial charge >= 0.3 is 0 Å². The Morgan fingerprint density at radius 3 is 2.50 bits per heavy atom. The van der Waals surface area contributed by atoms with E-state index in [9.17, 15) is 0 Å². The van der Waals surface area contributed by atoms with Crippen LogP contribution >= 0.6 is 11.8 Å². The zero-order valence-electron chi connectivity index (χ0n) is 9.27. The molecule has 1 aromatic carbocycles. The van der Waals surface area contributed by atoms with Crippen LogP contribution in [0.4, 0.5) is 5.82 Å². The van der Waals surface area contributed by atoms with E-state index in [-0.39, 0.29) is 0 Å². The normalized spacial score (nSPS) is 10.1. The summed E-state index contributed by atoms with van der Waals surface area (Å²) in [5.41, 5.74) is 2.05. The highest BCUT2D eigenvalue weighted by Gasteiger charge is 2.00. The van der Waals surface area contributed by atoms with Crippen LogP contribution in [0.3, 0.4) is 0 Å². The van der Waals surface area contributed by atoms with E-state index in [4.69, 9.17) is 0 Å². The van der Waals surface area contributed by atoms with E-state index in [2.05, 4.69) is 45.8 Å². The van der Waals surface area contributed by atoms with Crippen molar-refractivity contribution in [2.24, 2.45) is 0 Å². The van der Waals surface area contributed by atoms with E-state index in [1.807, 2.05) is 13.1 Å². The van der Waals surface area contributed by atoms with E-state index >= 15 is 0 Å². The van der Waals surface area contributed by atoms with Gasteiger partial charge in [-0.1, -0.05) is 12.1 Å². The molecule has 0 aliphatic heterocycles. The minimum Gasteiger partial charge on any atom is -0.373 e. The molecule has 0 saturated heterocycles. The van der Waals surface area contributed by atoms with E-state index < -0.39 is 0 Å². The van der Waals surface area contributed by atoms with E-state index in [1.54, 1.807) is 18.1 Å². The van der Waals surface area contributed by atoms with Crippen LogP contribution in [0.15, 0.2) is 41.6 Å². The number of hydrogen-bond donors (Lipinski definition) is 1. The summed E-state index contributed by atoms with van der Waals surface area (Å²) >= 11 is 1.74. The summed E-state index contributed by atoms with van der Waals surface area (Å²) in [4.78, 5) is 9.60. The molecule has 0 radical (unpaired) electrons. The SMILES string of the molecule is CNc1cc(-c2ccc(SC)cc2)ncn1. The Morgan fingerprint density at radius 1 is 1.12 bits per heavy atom. The second-order valence-electron chi connectivity index (χ2n) is 3.27. The Hall–Kier alpha value is -1.55. The third-order valence-corrected chi connectivity index (χ3v) is 3.05. The van der Waals surface area contributed by atoms with Gasteiger partial charge in [-0.3, -0.25) is 0 Å². The van der Waals surface area contributed by atoms with Gasteiger partial charge in [-0.05, 0) is 18.4 Å². The summed E-state index contributed by atoms with van der Waals surface area (Å²) in [6.07, 6.45) is 3.64. The van der Waals surface area contributed by atoms with Gasteiger partial charge in [0.05, 0.1) is 5.69 Å². The zero-order chi connectivity index (χ0) is 11.4. The first-order valence-corrected chi connectivity index (χ1v) is 6.20. The molecule has 2 aromatic rings. The lowest BCUT2D eigenvalue weighted by Crippen LogP contribution is -1.93. The molecular formula is C12H13N3S. The lowest BCUT2D eigenvalue weighted by molar-refractivity contribution is 1.16. The first-order chi connectivity index (χ1) is 7.83. The Balaban J connectivity index is 2.34. The number of benzene rings is 1. The molecule has 0 aliphatic carbocycles. The number of rotatable bonds is 3. The summed E-state index contributed by atoms with van der Waals surface area (Å²) in [7, 11) is 1.85. The van der Waals surface area contributed by atoms with Crippen LogP contribution in [0.25, 0.3) is 11.3 Å². The quantitative estimate of drug-likeness (QED) is 0.824. The van der Waals surface area contributed by atoms with Crippen molar-refractivity contribution in [1.82, 2.24) is 9.97 Å². The second-order valence-corrected chi connectivity index (χ2v) is 4.15. The molecule has 0 spiro atoms. The van der Waals surface area contributed by atoms with Crippen LogP contribution in [-0.4, -0.2) is 23.3 Å². The van der Waals surface area contributed by atoms with Gasteiger partial charge in [0.25, 0.3) is 0 Å². The first-order valence-electron chi connectivity index (χ1n) is 4.97. The fraction of sp³-hybridized carbons (Fsp3) is 0.167. The van der Waals surface area contributed by atoms with Crippen LogP contribution in [0.2, 0.25) is 0 Å². The van der Waals surface area contributed by atoms with E-state index in [1.165, 1.54) is 4.90 Å². The van der Waals surface area contributed by atoms with Crippen LogP contribution in [-0.2, 0) is 0 Å². The maximum Gasteiger partial charge on any atom is 0.129 e. The minimum absolute atomic E-state index is 0.832. The van der Waals surface area contributed by atoms with Gasteiger partial charge in [0.15, 0.2) is 0 Å². The summed E-state index contributed by atoms with van der Waals surface area (Å²) in [5, 5.41) is 3.00. The number of aromatic nitrogens is 2. The standard InChI is InChI=1S/C12H13N3S/c1-13-12-7-11(14-8-15-12)9-3-5-10(16-2)6-4-9/h3-8H,1-2H3,(H,13,14,15). The fourth-order valence-corrected chi connectivity index (χ4v) is 1.82. The number of anilines is 1. The maximum absolute atomic E-state index is 4.26. The molecule has 3 nitrogen and oxygen atoms in total. The highest BCUT2D eigenvalue weighted by molar-refractivity contribution is 7.98. The monoisotopic (exact) mass is 231 g/mol. The predicted octanol–water partition coefficient (Wildman–Crippen LogP) is 2.91. The molecule has 2 rings (SSSR count). The van der Waals surface area contributed by atoms with Gasteiger partial charge in [-0.15, -0.1) is 11.8 Å². The average molecular weight is 231 g/mol. The van der Waals surface area contributed by atoms with Crippen molar-refractivity contribution < 1.29 is 0 Å². The topological polar surface area (TPSA) is 37.8 Å². The second kappa shape index (κ2) is 4.99. The van der Waals surface area contributed by atoms with Gasteiger partial charge in [0.1, 0.15) is 12.1 Å². The minimum atomic E-state index is 0.832. The molecule has 0 atom stereocenters. The Bertz CT molecular complexity index is 468. The van der Waals surface area contributed by atoms with Gasteiger partial charge in [-0.2, -0.15) is 0 Å². The Labute approximate surface area is 99.3 Å². The maximum atomic E-state index is 4.26. The van der Waals surface area contributed by atoms with Crippen molar-refractivity contribution in [2.75, 3.05) is 18.6 Å². The number of nitrogens with zero attached hydrogens (tertiary/aromatic N) is 2. The molecule has 0 fully saturated rings. The van der Waals surface area contributed by atoms with Crippen molar-refractivity contribution in [2.45, 2.75) is 4.90 Å². The van der Waals surface area contributed by atoms with Gasteiger partial charge in [-0.25, -0.2) is 9.97 Å². The van der Waals surface area contributed by atoms with E-state index in [0.29, 0.717) is 0 Å².